The van der Waals surface area contributed by atoms with Crippen LogP contribution >= 0.6 is 0 Å². The molecule has 1 saturated heterocycles. The van der Waals surface area contributed by atoms with Crippen LogP contribution in [-0.2, 0) is 4.79 Å². The Balaban J connectivity index is 2.39. The summed E-state index contributed by atoms with van der Waals surface area (Å²) in [5.74, 6) is 10.8. The maximum absolute atomic E-state index is 11.3. The largest absolute Gasteiger partial charge is 0.332 e. The molecular weight excluding hydrogens is 166 g/mol. The summed E-state index contributed by atoms with van der Waals surface area (Å²) in [7, 11) is 0. The van der Waals surface area contributed by atoms with Crippen LogP contribution in [0.25, 0.3) is 0 Å². The second-order valence-corrected chi connectivity index (χ2v) is 3.19. The Morgan fingerprint density at radius 2 is 2.54 bits per heavy atom. The van der Waals surface area contributed by atoms with E-state index in [2.05, 4.69) is 17.3 Å². The third-order valence-corrected chi connectivity index (χ3v) is 2.21. The molecule has 1 heterocycles. The van der Waals surface area contributed by atoms with Gasteiger partial charge in [-0.3, -0.25) is 16.1 Å². The van der Waals surface area contributed by atoms with Gasteiger partial charge in [0.2, 0.25) is 0 Å². The number of hydrogen-bond acceptors (Lipinski definition) is 3. The monoisotopic (exact) mass is 181 g/mol. The second-order valence-electron chi connectivity index (χ2n) is 3.19. The highest BCUT2D eigenvalue weighted by Crippen LogP contribution is 2.14. The summed E-state index contributed by atoms with van der Waals surface area (Å²) in [5.41, 5.74) is 2.63. The smallest absolute Gasteiger partial charge is 0.298 e. The fraction of sp³-hybridized carbons (Fsp3) is 0.667. The Kier molecular flexibility index (Phi) is 3.74. The van der Waals surface area contributed by atoms with Crippen molar-refractivity contribution in [2.75, 3.05) is 19.6 Å². The topological polar surface area (TPSA) is 58.4 Å². The highest BCUT2D eigenvalue weighted by molar-refractivity contribution is 5.93. The van der Waals surface area contributed by atoms with Gasteiger partial charge in [-0.15, -0.1) is 0 Å². The van der Waals surface area contributed by atoms with Crippen LogP contribution in [0.15, 0.2) is 0 Å². The van der Waals surface area contributed by atoms with Gasteiger partial charge in [0.25, 0.3) is 5.91 Å². The van der Waals surface area contributed by atoms with Gasteiger partial charge < -0.3 is 4.90 Å². The molecule has 72 valence electrons. The van der Waals surface area contributed by atoms with Crippen molar-refractivity contribution in [3.63, 3.8) is 0 Å². The third-order valence-electron chi connectivity index (χ3n) is 2.21. The summed E-state index contributed by atoms with van der Waals surface area (Å²) in [6.07, 6.45) is 1.02. The summed E-state index contributed by atoms with van der Waals surface area (Å²) in [6, 6.07) is 0. The highest BCUT2D eigenvalue weighted by atomic mass is 16.2. The van der Waals surface area contributed by atoms with Crippen LogP contribution in [0, 0.1) is 17.8 Å². The molecule has 4 heteroatoms. The molecule has 1 fully saturated rings. The minimum atomic E-state index is -0.0676. The van der Waals surface area contributed by atoms with Crippen molar-refractivity contribution in [3.05, 3.63) is 0 Å². The van der Waals surface area contributed by atoms with Crippen molar-refractivity contribution in [1.82, 2.24) is 10.3 Å². The lowest BCUT2D eigenvalue weighted by atomic mass is 10.1. The van der Waals surface area contributed by atoms with E-state index < -0.39 is 0 Å². The maximum Gasteiger partial charge on any atom is 0.298 e. The summed E-state index contributed by atoms with van der Waals surface area (Å²) >= 11 is 0. The number of amides is 1. The van der Waals surface area contributed by atoms with Crippen molar-refractivity contribution in [2.45, 2.75) is 13.3 Å². The Hall–Kier alpha value is -1.05. The number of carbonyl (C=O) groups is 1. The molecule has 0 aromatic rings. The van der Waals surface area contributed by atoms with Gasteiger partial charge in [0.15, 0.2) is 0 Å². The van der Waals surface area contributed by atoms with E-state index in [-0.39, 0.29) is 5.91 Å². The first-order valence-corrected chi connectivity index (χ1v) is 4.43. The lowest BCUT2D eigenvalue weighted by Gasteiger charge is -2.12. The van der Waals surface area contributed by atoms with Gasteiger partial charge >= 0.3 is 0 Å². The fourth-order valence-electron chi connectivity index (χ4n) is 1.54. The fourth-order valence-corrected chi connectivity index (χ4v) is 1.54. The van der Waals surface area contributed by atoms with E-state index in [4.69, 9.17) is 5.84 Å². The molecule has 0 aromatic heterocycles. The van der Waals surface area contributed by atoms with Gasteiger partial charge in [0.05, 0.1) is 0 Å². The SMILES string of the molecule is CC#CC(=O)N1CC[C@H](CNN)C1. The van der Waals surface area contributed by atoms with Gasteiger partial charge in [-0.1, -0.05) is 5.92 Å². The molecule has 3 N–H and O–H groups in total. The molecule has 0 unspecified atom stereocenters. The first-order valence-electron chi connectivity index (χ1n) is 4.43. The van der Waals surface area contributed by atoms with Crippen LogP contribution in [0.5, 0.6) is 0 Å². The minimum Gasteiger partial charge on any atom is -0.332 e. The van der Waals surface area contributed by atoms with E-state index >= 15 is 0 Å². The second kappa shape index (κ2) is 4.85. The number of likely N-dealkylation sites (tertiary alicyclic amines) is 1. The van der Waals surface area contributed by atoms with Gasteiger partial charge in [0.1, 0.15) is 0 Å². The van der Waals surface area contributed by atoms with Gasteiger partial charge in [-0.2, -0.15) is 0 Å². The predicted octanol–water partition coefficient (Wildman–Crippen LogP) is -0.678. The third kappa shape index (κ3) is 2.72. The molecule has 0 saturated carbocycles. The lowest BCUT2D eigenvalue weighted by Crippen LogP contribution is -2.32. The van der Waals surface area contributed by atoms with Gasteiger partial charge in [-0.05, 0) is 25.2 Å². The van der Waals surface area contributed by atoms with E-state index in [1.807, 2.05) is 0 Å². The first-order chi connectivity index (χ1) is 6.27. The van der Waals surface area contributed by atoms with E-state index in [1.54, 1.807) is 11.8 Å². The zero-order valence-electron chi connectivity index (χ0n) is 7.84. The van der Waals surface area contributed by atoms with E-state index in [0.717, 1.165) is 26.1 Å². The Labute approximate surface area is 78.4 Å². The zero-order chi connectivity index (χ0) is 9.68. The average molecular weight is 181 g/mol. The Morgan fingerprint density at radius 3 is 3.15 bits per heavy atom. The van der Waals surface area contributed by atoms with Crippen LogP contribution in [0.3, 0.4) is 0 Å². The van der Waals surface area contributed by atoms with Gasteiger partial charge in [-0.25, -0.2) is 0 Å². The zero-order valence-corrected chi connectivity index (χ0v) is 7.84. The van der Waals surface area contributed by atoms with Crippen LogP contribution in [0.2, 0.25) is 0 Å². The van der Waals surface area contributed by atoms with E-state index in [1.165, 1.54) is 0 Å². The molecule has 1 aliphatic rings. The highest BCUT2D eigenvalue weighted by Gasteiger charge is 2.24. The first kappa shape index (κ1) is 10.0. The van der Waals surface area contributed by atoms with Crippen LogP contribution in [-0.4, -0.2) is 30.4 Å². The molecule has 0 bridgehead atoms. The number of rotatable bonds is 2. The quantitative estimate of drug-likeness (QED) is 0.337. The lowest BCUT2D eigenvalue weighted by molar-refractivity contribution is -0.124. The molecule has 1 amide bonds. The van der Waals surface area contributed by atoms with Crippen molar-refractivity contribution in [2.24, 2.45) is 11.8 Å². The number of nitrogens with one attached hydrogen (secondary N) is 1. The molecule has 0 aromatic carbocycles. The Bertz CT molecular complexity index is 241. The summed E-state index contributed by atoms with van der Waals surface area (Å²) < 4.78 is 0. The molecule has 13 heavy (non-hydrogen) atoms. The summed E-state index contributed by atoms with van der Waals surface area (Å²) in [5, 5.41) is 0. The standard InChI is InChI=1S/C9H15N3O/c1-2-3-9(13)12-5-4-8(7-12)6-11-10/h8,11H,4-7,10H2,1H3/t8-/m1/s1. The molecule has 0 spiro atoms. The number of nitrogens with zero attached hydrogens (tertiary/aromatic N) is 1. The maximum atomic E-state index is 11.3. The number of carbonyl (C=O) groups excluding carboxylic acids is 1. The molecule has 0 radical (unpaired) electrons. The van der Waals surface area contributed by atoms with E-state index in [9.17, 15) is 4.79 Å². The molecule has 4 nitrogen and oxygen atoms in total. The van der Waals surface area contributed by atoms with Crippen molar-refractivity contribution in [3.8, 4) is 11.8 Å². The average Bonchev–Trinajstić information content (AvgIpc) is 2.54. The molecule has 1 rings (SSSR count). The van der Waals surface area contributed by atoms with Crippen molar-refractivity contribution < 1.29 is 4.79 Å². The minimum absolute atomic E-state index is 0.0676. The van der Waals surface area contributed by atoms with E-state index in [0.29, 0.717) is 5.92 Å². The number of hydrogen-bond donors (Lipinski definition) is 2. The van der Waals surface area contributed by atoms with Crippen molar-refractivity contribution in [1.29, 1.82) is 0 Å². The predicted molar refractivity (Wildman–Crippen MR) is 50.3 cm³/mol. The summed E-state index contributed by atoms with van der Waals surface area (Å²) in [4.78, 5) is 13.1. The molecule has 0 aliphatic carbocycles. The van der Waals surface area contributed by atoms with Gasteiger partial charge in [0, 0.05) is 19.6 Å². The molecule has 1 atom stereocenters. The number of hydrazine groups is 1. The van der Waals surface area contributed by atoms with Crippen LogP contribution in [0.1, 0.15) is 13.3 Å². The molecule has 1 aliphatic heterocycles. The van der Waals surface area contributed by atoms with Crippen molar-refractivity contribution >= 4 is 5.91 Å². The normalized spacial score (nSPS) is 21.1. The Morgan fingerprint density at radius 1 is 1.77 bits per heavy atom. The van der Waals surface area contributed by atoms with Crippen LogP contribution < -0.4 is 11.3 Å². The summed E-state index contributed by atoms with van der Waals surface area (Å²) in [6.45, 7) is 4.02. The molecular formula is C9H15N3O. The number of nitrogens with two attached hydrogens (primary N) is 1. The van der Waals surface area contributed by atoms with Crippen LogP contribution in [0.4, 0.5) is 0 Å².